The number of rotatable bonds is 8. The van der Waals surface area contributed by atoms with Gasteiger partial charge in [-0.3, -0.25) is 0 Å². The highest BCUT2D eigenvalue weighted by Gasteiger charge is 1.93. The standard InChI is InChI=1S/C11H17NO3/c1-2-13-7-8-14-9-10-15-11-5-3-4-6-12-11/h3-6H,2,7-10H2,1H3. The molecule has 0 aromatic carbocycles. The highest BCUT2D eigenvalue weighted by atomic mass is 16.5. The number of aromatic nitrogens is 1. The molecule has 0 aliphatic carbocycles. The lowest BCUT2D eigenvalue weighted by molar-refractivity contribution is 0.0399. The molecule has 1 heterocycles. The Morgan fingerprint density at radius 1 is 1.07 bits per heavy atom. The lowest BCUT2D eigenvalue weighted by Gasteiger charge is -2.05. The summed E-state index contributed by atoms with van der Waals surface area (Å²) < 4.78 is 15.7. The van der Waals surface area contributed by atoms with Crippen molar-refractivity contribution >= 4 is 0 Å². The van der Waals surface area contributed by atoms with Gasteiger partial charge >= 0.3 is 0 Å². The Balaban J connectivity index is 1.93. The molecule has 0 spiro atoms. The summed E-state index contributed by atoms with van der Waals surface area (Å²) >= 11 is 0. The minimum Gasteiger partial charge on any atom is -0.475 e. The molecule has 84 valence electrons. The van der Waals surface area contributed by atoms with Gasteiger partial charge in [0.2, 0.25) is 5.88 Å². The van der Waals surface area contributed by atoms with Crippen molar-refractivity contribution < 1.29 is 14.2 Å². The fraction of sp³-hybridized carbons (Fsp3) is 0.545. The van der Waals surface area contributed by atoms with Gasteiger partial charge in [-0.25, -0.2) is 4.98 Å². The van der Waals surface area contributed by atoms with Gasteiger partial charge in [0.15, 0.2) is 0 Å². The molecule has 1 aromatic rings. The third-order valence-corrected chi connectivity index (χ3v) is 1.69. The van der Waals surface area contributed by atoms with Crippen molar-refractivity contribution in [3.63, 3.8) is 0 Å². The summed E-state index contributed by atoms with van der Waals surface area (Å²) in [5, 5.41) is 0. The normalized spacial score (nSPS) is 10.2. The summed E-state index contributed by atoms with van der Waals surface area (Å²) in [6, 6.07) is 5.56. The smallest absolute Gasteiger partial charge is 0.213 e. The summed E-state index contributed by atoms with van der Waals surface area (Å²) in [4.78, 5) is 4.02. The Morgan fingerprint density at radius 3 is 2.60 bits per heavy atom. The van der Waals surface area contributed by atoms with Crippen molar-refractivity contribution in [3.8, 4) is 5.88 Å². The van der Waals surface area contributed by atoms with E-state index in [0.717, 1.165) is 6.61 Å². The number of ether oxygens (including phenoxy) is 3. The summed E-state index contributed by atoms with van der Waals surface area (Å²) in [6.45, 7) is 5.02. The van der Waals surface area contributed by atoms with E-state index < -0.39 is 0 Å². The fourth-order valence-electron chi connectivity index (χ4n) is 1.00. The van der Waals surface area contributed by atoms with Crippen LogP contribution in [0.2, 0.25) is 0 Å². The minimum absolute atomic E-state index is 0.517. The maximum Gasteiger partial charge on any atom is 0.213 e. The average molecular weight is 211 g/mol. The first-order valence-corrected chi connectivity index (χ1v) is 5.13. The molecule has 0 amide bonds. The molecule has 0 aliphatic heterocycles. The van der Waals surface area contributed by atoms with Crippen LogP contribution in [0.15, 0.2) is 24.4 Å². The lowest BCUT2D eigenvalue weighted by Crippen LogP contribution is -2.11. The Kier molecular flexibility index (Phi) is 6.53. The monoisotopic (exact) mass is 211 g/mol. The molecule has 0 radical (unpaired) electrons. The van der Waals surface area contributed by atoms with Gasteiger partial charge in [0.1, 0.15) is 6.61 Å². The van der Waals surface area contributed by atoms with Crippen LogP contribution in [-0.2, 0) is 9.47 Å². The lowest BCUT2D eigenvalue weighted by atomic mass is 10.5. The summed E-state index contributed by atoms with van der Waals surface area (Å²) in [7, 11) is 0. The van der Waals surface area contributed by atoms with Gasteiger partial charge in [0.25, 0.3) is 0 Å². The quantitative estimate of drug-likeness (QED) is 0.611. The van der Waals surface area contributed by atoms with Gasteiger partial charge < -0.3 is 14.2 Å². The molecular formula is C11H17NO3. The van der Waals surface area contributed by atoms with Crippen LogP contribution in [-0.4, -0.2) is 38.0 Å². The molecule has 0 atom stereocenters. The highest BCUT2D eigenvalue weighted by molar-refractivity contribution is 5.08. The van der Waals surface area contributed by atoms with Gasteiger partial charge in [-0.1, -0.05) is 6.07 Å². The molecule has 15 heavy (non-hydrogen) atoms. The molecule has 1 rings (SSSR count). The van der Waals surface area contributed by atoms with Crippen molar-refractivity contribution in [2.75, 3.05) is 33.0 Å². The Labute approximate surface area is 90.2 Å². The van der Waals surface area contributed by atoms with Gasteiger partial charge in [-0.2, -0.15) is 0 Å². The Bertz CT molecular complexity index is 241. The molecular weight excluding hydrogens is 194 g/mol. The van der Waals surface area contributed by atoms with E-state index in [4.69, 9.17) is 14.2 Å². The van der Waals surface area contributed by atoms with E-state index in [1.54, 1.807) is 6.20 Å². The largest absolute Gasteiger partial charge is 0.475 e. The SMILES string of the molecule is CCOCCOCCOc1ccccn1. The van der Waals surface area contributed by atoms with Crippen molar-refractivity contribution in [3.05, 3.63) is 24.4 Å². The van der Waals surface area contributed by atoms with Crippen molar-refractivity contribution in [1.29, 1.82) is 0 Å². The van der Waals surface area contributed by atoms with Gasteiger partial charge in [0, 0.05) is 18.9 Å². The van der Waals surface area contributed by atoms with Crippen LogP contribution in [0.4, 0.5) is 0 Å². The average Bonchev–Trinajstić information content (AvgIpc) is 2.29. The number of hydrogen-bond acceptors (Lipinski definition) is 4. The van der Waals surface area contributed by atoms with Crippen molar-refractivity contribution in [2.45, 2.75) is 6.92 Å². The summed E-state index contributed by atoms with van der Waals surface area (Å²) in [5.74, 6) is 0.630. The van der Waals surface area contributed by atoms with Crippen LogP contribution >= 0.6 is 0 Å². The van der Waals surface area contributed by atoms with Crippen LogP contribution in [0.3, 0.4) is 0 Å². The zero-order valence-corrected chi connectivity index (χ0v) is 9.02. The molecule has 0 saturated carbocycles. The topological polar surface area (TPSA) is 40.6 Å². The van der Waals surface area contributed by atoms with Gasteiger partial charge in [-0.05, 0) is 13.0 Å². The first kappa shape index (κ1) is 11.9. The van der Waals surface area contributed by atoms with Crippen LogP contribution in [0, 0.1) is 0 Å². The second-order valence-electron chi connectivity index (χ2n) is 2.83. The van der Waals surface area contributed by atoms with Gasteiger partial charge in [0.05, 0.1) is 19.8 Å². The van der Waals surface area contributed by atoms with Gasteiger partial charge in [-0.15, -0.1) is 0 Å². The number of pyridine rings is 1. The number of hydrogen-bond donors (Lipinski definition) is 0. The van der Waals surface area contributed by atoms with Crippen molar-refractivity contribution in [2.24, 2.45) is 0 Å². The molecule has 0 unspecified atom stereocenters. The zero-order valence-electron chi connectivity index (χ0n) is 9.02. The first-order valence-electron chi connectivity index (χ1n) is 5.13. The third-order valence-electron chi connectivity index (χ3n) is 1.69. The molecule has 0 saturated heterocycles. The molecule has 0 N–H and O–H groups in total. The van der Waals surface area contributed by atoms with Crippen LogP contribution in [0.1, 0.15) is 6.92 Å². The molecule has 1 aromatic heterocycles. The Morgan fingerprint density at radius 2 is 1.87 bits per heavy atom. The zero-order chi connectivity index (χ0) is 10.8. The van der Waals surface area contributed by atoms with Crippen molar-refractivity contribution in [1.82, 2.24) is 4.98 Å². The van der Waals surface area contributed by atoms with Crippen LogP contribution in [0.5, 0.6) is 5.88 Å². The molecule has 4 heteroatoms. The molecule has 0 bridgehead atoms. The summed E-state index contributed by atoms with van der Waals surface area (Å²) in [5.41, 5.74) is 0. The fourth-order valence-corrected chi connectivity index (χ4v) is 1.00. The summed E-state index contributed by atoms with van der Waals surface area (Å²) in [6.07, 6.45) is 1.70. The Hall–Kier alpha value is -1.13. The first-order chi connectivity index (χ1) is 7.43. The van der Waals surface area contributed by atoms with E-state index in [-0.39, 0.29) is 0 Å². The predicted molar refractivity (Wildman–Crippen MR) is 57.0 cm³/mol. The maximum absolute atomic E-state index is 5.34. The molecule has 0 aliphatic rings. The van der Waals surface area contributed by atoms with E-state index in [1.807, 2.05) is 25.1 Å². The number of nitrogens with zero attached hydrogens (tertiary/aromatic N) is 1. The van der Waals surface area contributed by atoms with E-state index in [9.17, 15) is 0 Å². The van der Waals surface area contributed by atoms with E-state index in [2.05, 4.69) is 4.98 Å². The molecule has 4 nitrogen and oxygen atoms in total. The molecule has 0 fully saturated rings. The third kappa shape index (κ3) is 6.04. The van der Waals surface area contributed by atoms with Crippen LogP contribution < -0.4 is 4.74 Å². The van der Waals surface area contributed by atoms with Crippen LogP contribution in [0.25, 0.3) is 0 Å². The maximum atomic E-state index is 5.34. The van der Waals surface area contributed by atoms with E-state index >= 15 is 0 Å². The van der Waals surface area contributed by atoms with E-state index in [1.165, 1.54) is 0 Å². The second-order valence-corrected chi connectivity index (χ2v) is 2.83. The van der Waals surface area contributed by atoms with E-state index in [0.29, 0.717) is 32.3 Å². The highest BCUT2D eigenvalue weighted by Crippen LogP contribution is 2.02. The minimum atomic E-state index is 0.517. The predicted octanol–water partition coefficient (Wildman–Crippen LogP) is 1.51. The second kappa shape index (κ2) is 8.20.